The topological polar surface area (TPSA) is 26.0 Å². The second kappa shape index (κ2) is 6.86. The number of rotatable bonds is 5. The van der Waals surface area contributed by atoms with Gasteiger partial charge in [0, 0.05) is 15.8 Å². The Bertz CT molecular complexity index is 623. The largest absolute Gasteiger partial charge is 0.326 e. The van der Waals surface area contributed by atoms with E-state index in [1.807, 2.05) is 11.8 Å². The average Bonchev–Trinajstić information content (AvgIpc) is 3.12. The van der Waals surface area contributed by atoms with E-state index in [9.17, 15) is 0 Å². The molecule has 0 saturated heterocycles. The predicted molar refractivity (Wildman–Crippen MR) is 97.4 cm³/mol. The number of hydrogen-bond acceptors (Lipinski definition) is 3. The van der Waals surface area contributed by atoms with Crippen LogP contribution in [0.25, 0.3) is 0 Å². The summed E-state index contributed by atoms with van der Waals surface area (Å²) in [6.45, 7) is 2.17. The molecule has 1 nitrogen and oxygen atoms in total. The van der Waals surface area contributed by atoms with Gasteiger partial charge in [-0.3, -0.25) is 0 Å². The number of nitrogens with two attached hydrogens (primary N) is 1. The molecule has 21 heavy (non-hydrogen) atoms. The van der Waals surface area contributed by atoms with Crippen molar-refractivity contribution in [2.45, 2.75) is 48.8 Å². The smallest absolute Gasteiger partial charge is 0.0701 e. The van der Waals surface area contributed by atoms with Crippen LogP contribution in [0.4, 0.5) is 0 Å². The normalized spacial score (nSPS) is 16.7. The zero-order valence-electron chi connectivity index (χ0n) is 12.1. The lowest BCUT2D eigenvalue weighted by molar-refractivity contribution is 0.640. The van der Waals surface area contributed by atoms with Crippen molar-refractivity contribution in [1.29, 1.82) is 0 Å². The first kappa shape index (κ1) is 15.6. The second-order valence-corrected chi connectivity index (χ2v) is 9.25. The van der Waals surface area contributed by atoms with E-state index in [4.69, 9.17) is 5.73 Å². The van der Waals surface area contributed by atoms with Crippen LogP contribution in [0.2, 0.25) is 0 Å². The first-order valence-corrected chi connectivity index (χ1v) is 9.95. The quantitative estimate of drug-likeness (QED) is 0.684. The van der Waals surface area contributed by atoms with E-state index in [1.54, 1.807) is 11.3 Å². The average molecular weight is 382 g/mol. The summed E-state index contributed by atoms with van der Waals surface area (Å²) in [6.07, 6.45) is 4.78. The van der Waals surface area contributed by atoms with Crippen molar-refractivity contribution in [3.63, 3.8) is 0 Å². The Morgan fingerprint density at radius 2 is 2.05 bits per heavy atom. The summed E-state index contributed by atoms with van der Waals surface area (Å²) in [5, 5.41) is 0.339. The van der Waals surface area contributed by atoms with E-state index < -0.39 is 0 Å². The number of halogens is 1. The van der Waals surface area contributed by atoms with Gasteiger partial charge in [-0.25, -0.2) is 0 Å². The van der Waals surface area contributed by atoms with Crippen LogP contribution in [-0.4, -0.2) is 6.04 Å². The van der Waals surface area contributed by atoms with E-state index in [0.29, 0.717) is 5.25 Å². The Hall–Kier alpha value is -0.290. The highest BCUT2D eigenvalue weighted by Crippen LogP contribution is 2.42. The molecule has 0 radical (unpaired) electrons. The van der Waals surface area contributed by atoms with Crippen LogP contribution in [0.5, 0.6) is 0 Å². The summed E-state index contributed by atoms with van der Waals surface area (Å²) in [6, 6.07) is 11.5. The molecule has 112 valence electrons. The molecule has 0 saturated carbocycles. The van der Waals surface area contributed by atoms with Crippen molar-refractivity contribution >= 4 is 39.0 Å². The molecular weight excluding hydrogens is 362 g/mol. The number of thioether (sulfide) groups is 1. The molecule has 1 aromatic carbocycles. The van der Waals surface area contributed by atoms with Crippen LogP contribution in [0, 0.1) is 0 Å². The highest BCUT2D eigenvalue weighted by Gasteiger charge is 2.22. The first-order valence-electron chi connectivity index (χ1n) is 7.46. The molecule has 1 heterocycles. The minimum atomic E-state index is 0.189. The molecule has 2 N–H and O–H groups in total. The van der Waals surface area contributed by atoms with Gasteiger partial charge in [-0.15, -0.1) is 23.1 Å². The fourth-order valence-electron chi connectivity index (χ4n) is 2.82. The Morgan fingerprint density at radius 3 is 2.76 bits per heavy atom. The summed E-state index contributed by atoms with van der Waals surface area (Å²) in [7, 11) is 0. The van der Waals surface area contributed by atoms with Crippen molar-refractivity contribution < 1.29 is 0 Å². The van der Waals surface area contributed by atoms with Crippen LogP contribution in [0.3, 0.4) is 0 Å². The highest BCUT2D eigenvalue weighted by molar-refractivity contribution is 9.11. The van der Waals surface area contributed by atoms with E-state index >= 15 is 0 Å². The number of benzene rings is 1. The highest BCUT2D eigenvalue weighted by atomic mass is 79.9. The molecule has 1 aliphatic carbocycles. The predicted octanol–water partition coefficient (Wildman–Crippen LogP) is 5.57. The molecule has 2 aromatic rings. The van der Waals surface area contributed by atoms with Crippen molar-refractivity contribution in [2.24, 2.45) is 5.73 Å². The molecule has 0 fully saturated rings. The second-order valence-electron chi connectivity index (χ2n) is 5.54. The Morgan fingerprint density at radius 1 is 1.24 bits per heavy atom. The van der Waals surface area contributed by atoms with Gasteiger partial charge in [0.15, 0.2) is 0 Å². The third-order valence-corrected chi connectivity index (χ3v) is 7.31. The first-order chi connectivity index (χ1) is 10.2. The third-order valence-electron chi connectivity index (χ3n) is 4.07. The standard InChI is InChI=1S/C17H20BrNS2/c1-2-14(19)17(15-8-9-16(18)21-15)20-13-7-6-11-4-3-5-12(11)10-13/h6-10,14,17H,2-5,19H2,1H3. The van der Waals surface area contributed by atoms with Gasteiger partial charge in [-0.1, -0.05) is 13.0 Å². The molecule has 2 atom stereocenters. The van der Waals surface area contributed by atoms with Gasteiger partial charge in [0.05, 0.1) is 9.04 Å². The van der Waals surface area contributed by atoms with Gasteiger partial charge < -0.3 is 5.73 Å². The zero-order valence-corrected chi connectivity index (χ0v) is 15.4. The molecule has 0 bridgehead atoms. The monoisotopic (exact) mass is 381 g/mol. The van der Waals surface area contributed by atoms with Crippen LogP contribution in [0.15, 0.2) is 39.0 Å². The minimum Gasteiger partial charge on any atom is -0.326 e. The van der Waals surface area contributed by atoms with E-state index in [0.717, 1.165) is 6.42 Å². The maximum Gasteiger partial charge on any atom is 0.0701 e. The summed E-state index contributed by atoms with van der Waals surface area (Å²) in [5.74, 6) is 0. The van der Waals surface area contributed by atoms with E-state index in [-0.39, 0.29) is 6.04 Å². The van der Waals surface area contributed by atoms with E-state index in [2.05, 4.69) is 53.2 Å². The van der Waals surface area contributed by atoms with Crippen molar-refractivity contribution in [1.82, 2.24) is 0 Å². The van der Waals surface area contributed by atoms with Crippen LogP contribution in [-0.2, 0) is 12.8 Å². The van der Waals surface area contributed by atoms with Crippen LogP contribution in [0.1, 0.15) is 41.0 Å². The van der Waals surface area contributed by atoms with Gasteiger partial charge >= 0.3 is 0 Å². The van der Waals surface area contributed by atoms with Crippen LogP contribution >= 0.6 is 39.0 Å². The van der Waals surface area contributed by atoms with Crippen molar-refractivity contribution in [2.75, 3.05) is 0 Å². The molecule has 0 amide bonds. The molecule has 1 aliphatic rings. The van der Waals surface area contributed by atoms with E-state index in [1.165, 1.54) is 43.9 Å². The summed E-state index contributed by atoms with van der Waals surface area (Å²) in [5.41, 5.74) is 9.46. The Labute approximate surface area is 143 Å². The molecule has 4 heteroatoms. The number of aryl methyl sites for hydroxylation is 2. The fourth-order valence-corrected chi connectivity index (χ4v) is 5.80. The number of fused-ring (bicyclic) bond motifs is 1. The third kappa shape index (κ3) is 3.55. The molecule has 3 rings (SSSR count). The minimum absolute atomic E-state index is 0.189. The molecule has 1 aromatic heterocycles. The lowest BCUT2D eigenvalue weighted by Crippen LogP contribution is -2.25. The van der Waals surface area contributed by atoms with Gasteiger partial charge in [-0.2, -0.15) is 0 Å². The number of hydrogen-bond donors (Lipinski definition) is 1. The maximum atomic E-state index is 6.39. The van der Waals surface area contributed by atoms with Crippen LogP contribution < -0.4 is 5.73 Å². The SMILES string of the molecule is CCC(N)C(Sc1ccc2c(c1)CCC2)c1ccc(Br)s1. The van der Waals surface area contributed by atoms with Gasteiger partial charge in [-0.05, 0) is 77.0 Å². The summed E-state index contributed by atoms with van der Waals surface area (Å²) < 4.78 is 1.18. The summed E-state index contributed by atoms with van der Waals surface area (Å²) in [4.78, 5) is 2.72. The summed E-state index contributed by atoms with van der Waals surface area (Å²) >= 11 is 7.28. The van der Waals surface area contributed by atoms with Crippen molar-refractivity contribution in [3.8, 4) is 0 Å². The lowest BCUT2D eigenvalue weighted by atomic mass is 10.1. The fraction of sp³-hybridized carbons (Fsp3) is 0.412. The number of thiophene rings is 1. The van der Waals surface area contributed by atoms with Gasteiger partial charge in [0.2, 0.25) is 0 Å². The molecule has 0 spiro atoms. The molecule has 0 aliphatic heterocycles. The Kier molecular flexibility index (Phi) is 5.10. The molecule has 2 unspecified atom stereocenters. The van der Waals surface area contributed by atoms with Crippen molar-refractivity contribution in [3.05, 3.63) is 50.1 Å². The Balaban J connectivity index is 1.84. The van der Waals surface area contributed by atoms with Gasteiger partial charge in [0.1, 0.15) is 0 Å². The molecular formula is C17H20BrNS2. The zero-order chi connectivity index (χ0) is 14.8. The maximum absolute atomic E-state index is 6.39. The van der Waals surface area contributed by atoms with Gasteiger partial charge in [0.25, 0.3) is 0 Å². The lowest BCUT2D eigenvalue weighted by Gasteiger charge is -2.21.